The molecule has 3 aliphatic rings. The molecule has 1 aliphatic carbocycles. The molecule has 2 heterocycles. The van der Waals surface area contributed by atoms with Crippen LogP contribution in [0, 0.1) is 10.1 Å². The van der Waals surface area contributed by atoms with Gasteiger partial charge < -0.3 is 14.8 Å². The molecule has 0 spiro atoms. The molecule has 0 fully saturated rings. The molecule has 5 rings (SSSR count). The number of benzene rings is 2. The number of allylic oxidation sites excluding steroid dienone is 2. The van der Waals surface area contributed by atoms with Crippen LogP contribution < -0.4 is 14.8 Å². The van der Waals surface area contributed by atoms with Crippen molar-refractivity contribution in [2.75, 3.05) is 18.5 Å². The van der Waals surface area contributed by atoms with Gasteiger partial charge in [-0.25, -0.2) is 0 Å². The number of anilines is 1. The number of ether oxygens (including phenoxy) is 2. The number of carbonyl (C=O) groups excluding carboxylic acids is 1. The summed E-state index contributed by atoms with van der Waals surface area (Å²) in [6.07, 6.45) is 2.07. The second kappa shape index (κ2) is 6.37. The van der Waals surface area contributed by atoms with Gasteiger partial charge in [-0.1, -0.05) is 12.1 Å². The average molecular weight is 378 g/mol. The smallest absolute Gasteiger partial charge is 0.269 e. The number of nitrogens with one attached hydrogen (secondary N) is 1. The van der Waals surface area contributed by atoms with Crippen LogP contribution in [0.5, 0.6) is 11.5 Å². The number of carbonyl (C=O) groups is 1. The van der Waals surface area contributed by atoms with E-state index in [9.17, 15) is 14.9 Å². The predicted molar refractivity (Wildman–Crippen MR) is 102 cm³/mol. The van der Waals surface area contributed by atoms with E-state index in [1.165, 1.54) is 6.07 Å². The van der Waals surface area contributed by atoms with E-state index in [4.69, 9.17) is 9.47 Å². The molecule has 0 aromatic heterocycles. The van der Waals surface area contributed by atoms with Crippen molar-refractivity contribution in [2.45, 2.75) is 25.2 Å². The van der Waals surface area contributed by atoms with Crippen LogP contribution >= 0.6 is 0 Å². The van der Waals surface area contributed by atoms with Gasteiger partial charge in [-0.3, -0.25) is 14.9 Å². The molecule has 0 radical (unpaired) electrons. The van der Waals surface area contributed by atoms with Gasteiger partial charge in [-0.05, 0) is 30.0 Å². The molecule has 2 aliphatic heterocycles. The van der Waals surface area contributed by atoms with Gasteiger partial charge in [0, 0.05) is 47.5 Å². The van der Waals surface area contributed by atoms with Gasteiger partial charge in [0.2, 0.25) is 0 Å². The summed E-state index contributed by atoms with van der Waals surface area (Å²) in [6.45, 7) is 0.958. The highest BCUT2D eigenvalue weighted by Crippen LogP contribution is 2.49. The number of hydrogen-bond donors (Lipinski definition) is 1. The Labute approximate surface area is 161 Å². The first-order valence-electron chi connectivity index (χ1n) is 9.33. The Bertz CT molecular complexity index is 1040. The fourth-order valence-corrected chi connectivity index (χ4v) is 4.26. The van der Waals surface area contributed by atoms with Crippen LogP contribution in [0.4, 0.5) is 11.4 Å². The zero-order valence-electron chi connectivity index (χ0n) is 15.1. The van der Waals surface area contributed by atoms with Gasteiger partial charge in [0.15, 0.2) is 17.3 Å². The molecular formula is C21H18N2O5. The maximum atomic E-state index is 12.8. The van der Waals surface area contributed by atoms with E-state index < -0.39 is 4.92 Å². The molecule has 1 N–H and O–H groups in total. The highest BCUT2D eigenvalue weighted by molar-refractivity contribution is 6.01. The lowest BCUT2D eigenvalue weighted by atomic mass is 9.75. The van der Waals surface area contributed by atoms with Crippen LogP contribution in [0.2, 0.25) is 0 Å². The number of nitrogens with zero attached hydrogens (tertiary/aromatic N) is 1. The maximum absolute atomic E-state index is 12.8. The number of nitro groups is 1. The van der Waals surface area contributed by atoms with Crippen LogP contribution in [0.1, 0.15) is 36.3 Å². The lowest BCUT2D eigenvalue weighted by Crippen LogP contribution is -2.27. The molecule has 0 saturated heterocycles. The molecule has 0 bridgehead atoms. The minimum Gasteiger partial charge on any atom is -0.486 e. The van der Waals surface area contributed by atoms with Gasteiger partial charge in [0.1, 0.15) is 13.2 Å². The Kier molecular flexibility index (Phi) is 3.82. The Hall–Kier alpha value is -3.35. The van der Waals surface area contributed by atoms with Gasteiger partial charge in [0.05, 0.1) is 4.92 Å². The highest BCUT2D eigenvalue weighted by atomic mass is 16.6. The van der Waals surface area contributed by atoms with E-state index in [0.29, 0.717) is 36.7 Å². The monoisotopic (exact) mass is 378 g/mol. The van der Waals surface area contributed by atoms with Crippen molar-refractivity contribution in [3.05, 3.63) is 68.9 Å². The summed E-state index contributed by atoms with van der Waals surface area (Å²) in [7, 11) is 0. The Morgan fingerprint density at radius 1 is 1.07 bits per heavy atom. The van der Waals surface area contributed by atoms with Crippen molar-refractivity contribution < 1.29 is 19.2 Å². The molecule has 2 aromatic rings. The third kappa shape index (κ3) is 2.62. The van der Waals surface area contributed by atoms with Crippen molar-refractivity contribution in [2.24, 2.45) is 0 Å². The lowest BCUT2D eigenvalue weighted by Gasteiger charge is -2.35. The first-order chi connectivity index (χ1) is 13.6. The topological polar surface area (TPSA) is 90.7 Å². The van der Waals surface area contributed by atoms with Gasteiger partial charge in [0.25, 0.3) is 5.69 Å². The second-order valence-corrected chi connectivity index (χ2v) is 7.16. The fourth-order valence-electron chi connectivity index (χ4n) is 4.26. The van der Waals surface area contributed by atoms with Crippen molar-refractivity contribution in [1.82, 2.24) is 0 Å². The van der Waals surface area contributed by atoms with Crippen LogP contribution in [0.25, 0.3) is 0 Å². The summed E-state index contributed by atoms with van der Waals surface area (Å²) in [4.78, 5) is 23.7. The number of hydrogen-bond acceptors (Lipinski definition) is 6. The van der Waals surface area contributed by atoms with E-state index in [1.54, 1.807) is 12.1 Å². The molecule has 0 saturated carbocycles. The second-order valence-electron chi connectivity index (χ2n) is 7.16. The molecule has 1 atom stereocenters. The first-order valence-corrected chi connectivity index (χ1v) is 9.33. The van der Waals surface area contributed by atoms with Crippen LogP contribution in [0.3, 0.4) is 0 Å². The number of non-ortho nitro benzene ring substituents is 1. The normalized spacial score (nSPS) is 20.1. The van der Waals surface area contributed by atoms with Crippen LogP contribution in [-0.2, 0) is 4.79 Å². The number of rotatable bonds is 2. The van der Waals surface area contributed by atoms with Crippen molar-refractivity contribution in [3.63, 3.8) is 0 Å². The molecular weight excluding hydrogens is 360 g/mol. The van der Waals surface area contributed by atoms with Crippen LogP contribution in [-0.4, -0.2) is 23.9 Å². The first kappa shape index (κ1) is 16.8. The largest absolute Gasteiger partial charge is 0.486 e. The minimum atomic E-state index is -0.409. The van der Waals surface area contributed by atoms with E-state index in [-0.39, 0.29) is 17.4 Å². The number of ketones is 1. The van der Waals surface area contributed by atoms with Gasteiger partial charge in [-0.2, -0.15) is 0 Å². The quantitative estimate of drug-likeness (QED) is 0.629. The third-order valence-electron chi connectivity index (χ3n) is 5.47. The summed E-state index contributed by atoms with van der Waals surface area (Å²) in [5.41, 5.74) is 4.08. The van der Waals surface area contributed by atoms with Crippen molar-refractivity contribution in [1.29, 1.82) is 0 Å². The molecule has 2 aromatic carbocycles. The summed E-state index contributed by atoms with van der Waals surface area (Å²) in [6, 6.07) is 10.3. The van der Waals surface area contributed by atoms with E-state index in [0.717, 1.165) is 35.4 Å². The Balaban J connectivity index is 1.72. The summed E-state index contributed by atoms with van der Waals surface area (Å²) in [5, 5.41) is 14.7. The average Bonchev–Trinajstić information content (AvgIpc) is 2.71. The summed E-state index contributed by atoms with van der Waals surface area (Å²) < 4.78 is 11.4. The Morgan fingerprint density at radius 3 is 2.64 bits per heavy atom. The van der Waals surface area contributed by atoms with Crippen molar-refractivity contribution in [3.8, 4) is 11.5 Å². The number of fused-ring (bicyclic) bond motifs is 2. The van der Waals surface area contributed by atoms with Crippen molar-refractivity contribution >= 4 is 17.2 Å². The Morgan fingerprint density at radius 2 is 1.86 bits per heavy atom. The predicted octanol–water partition coefficient (Wildman–Crippen LogP) is 3.93. The fraction of sp³-hybridized carbons (Fsp3) is 0.286. The highest BCUT2D eigenvalue weighted by Gasteiger charge is 2.36. The number of nitro benzene ring substituents is 1. The molecule has 7 heteroatoms. The zero-order valence-corrected chi connectivity index (χ0v) is 15.1. The lowest BCUT2D eigenvalue weighted by molar-refractivity contribution is -0.384. The standard InChI is InChI=1S/C21H18N2O5/c24-17-6-2-5-15-21(17)20(12-3-1-4-13(9-12)23(25)26)14-10-18-19(11-16(14)22-15)28-8-7-27-18/h1,3-4,9-11,20,22H,2,5-8H2. The molecule has 142 valence electrons. The SMILES string of the molecule is O=C1CCCC2=C1C(c1cccc([N+](=O)[O-])c1)c1cc3c(cc1N2)OCCO3. The molecule has 28 heavy (non-hydrogen) atoms. The maximum Gasteiger partial charge on any atom is 0.269 e. The molecule has 7 nitrogen and oxygen atoms in total. The molecule has 0 amide bonds. The van der Waals surface area contributed by atoms with Gasteiger partial charge >= 0.3 is 0 Å². The summed E-state index contributed by atoms with van der Waals surface area (Å²) >= 11 is 0. The zero-order chi connectivity index (χ0) is 19.3. The van der Waals surface area contributed by atoms with E-state index in [1.807, 2.05) is 18.2 Å². The summed E-state index contributed by atoms with van der Waals surface area (Å²) in [5.74, 6) is 1.02. The molecule has 1 unspecified atom stereocenters. The third-order valence-corrected chi connectivity index (χ3v) is 5.47. The number of Topliss-reactive ketones (excluding diaryl/α,β-unsaturated/α-hetero) is 1. The minimum absolute atomic E-state index is 0.0144. The van der Waals surface area contributed by atoms with E-state index >= 15 is 0 Å². The van der Waals surface area contributed by atoms with Crippen LogP contribution in [0.15, 0.2) is 47.7 Å². The van der Waals surface area contributed by atoms with Gasteiger partial charge in [-0.15, -0.1) is 0 Å². The van der Waals surface area contributed by atoms with E-state index in [2.05, 4.69) is 5.32 Å².